The van der Waals surface area contributed by atoms with Gasteiger partial charge in [-0.2, -0.15) is 4.98 Å². The zero-order chi connectivity index (χ0) is 14.5. The van der Waals surface area contributed by atoms with E-state index in [9.17, 15) is 0 Å². The third-order valence-corrected chi connectivity index (χ3v) is 3.90. The van der Waals surface area contributed by atoms with E-state index in [-0.39, 0.29) is 0 Å². The maximum Gasteiger partial charge on any atom is 0.226 e. The molecule has 0 radical (unpaired) electrons. The van der Waals surface area contributed by atoms with Crippen molar-refractivity contribution in [1.82, 2.24) is 15.5 Å². The van der Waals surface area contributed by atoms with Crippen LogP contribution in [0.2, 0.25) is 0 Å². The maximum absolute atomic E-state index is 5.33. The van der Waals surface area contributed by atoms with Crippen LogP contribution >= 0.6 is 0 Å². The summed E-state index contributed by atoms with van der Waals surface area (Å²) in [4.78, 5) is 4.47. The monoisotopic (exact) mass is 287 g/mol. The van der Waals surface area contributed by atoms with Crippen LogP contribution in [-0.2, 0) is 12.8 Å². The number of hydrogen-bond acceptors (Lipinski definition) is 5. The zero-order valence-corrected chi connectivity index (χ0v) is 12.3. The Morgan fingerprint density at radius 2 is 2.19 bits per heavy atom. The first-order valence-corrected chi connectivity index (χ1v) is 7.51. The van der Waals surface area contributed by atoms with E-state index in [1.165, 1.54) is 12.8 Å². The van der Waals surface area contributed by atoms with Crippen molar-refractivity contribution in [2.24, 2.45) is 0 Å². The van der Waals surface area contributed by atoms with Crippen molar-refractivity contribution in [3.8, 4) is 5.75 Å². The summed E-state index contributed by atoms with van der Waals surface area (Å²) >= 11 is 0. The Hall–Kier alpha value is -1.88. The fraction of sp³-hybridized carbons (Fsp3) is 0.500. The van der Waals surface area contributed by atoms with Crippen molar-refractivity contribution < 1.29 is 9.26 Å². The second kappa shape index (κ2) is 6.72. The summed E-state index contributed by atoms with van der Waals surface area (Å²) in [5.41, 5.74) is 1.15. The molecule has 1 aromatic carbocycles. The summed E-state index contributed by atoms with van der Waals surface area (Å²) in [7, 11) is 1.67. The van der Waals surface area contributed by atoms with Gasteiger partial charge in [0.1, 0.15) is 5.75 Å². The molecule has 1 fully saturated rings. The third-order valence-electron chi connectivity index (χ3n) is 3.90. The molecule has 1 N–H and O–H groups in total. The van der Waals surface area contributed by atoms with Gasteiger partial charge in [0.2, 0.25) is 5.89 Å². The van der Waals surface area contributed by atoms with Gasteiger partial charge in [0.15, 0.2) is 5.82 Å². The molecule has 0 aliphatic carbocycles. The van der Waals surface area contributed by atoms with Crippen LogP contribution in [0, 0.1) is 0 Å². The molecule has 5 heteroatoms. The van der Waals surface area contributed by atoms with Crippen molar-refractivity contribution in [2.45, 2.75) is 38.1 Å². The standard InChI is InChI=1S/C16H21N3O2/c1-20-14-7-4-12(5-8-14)11-15-18-16(21-19-15)9-6-13-3-2-10-17-13/h4-5,7-8,13,17H,2-3,6,9-11H2,1H3. The van der Waals surface area contributed by atoms with E-state index in [0.717, 1.165) is 42.4 Å². The SMILES string of the molecule is COc1ccc(Cc2noc(CCC3CCCN3)n2)cc1. The van der Waals surface area contributed by atoms with Crippen molar-refractivity contribution in [3.05, 3.63) is 41.5 Å². The molecule has 2 heterocycles. The van der Waals surface area contributed by atoms with Crippen LogP contribution in [0.25, 0.3) is 0 Å². The first-order valence-electron chi connectivity index (χ1n) is 7.51. The van der Waals surface area contributed by atoms with Crippen molar-refractivity contribution in [3.63, 3.8) is 0 Å². The third kappa shape index (κ3) is 3.82. The Morgan fingerprint density at radius 3 is 2.90 bits per heavy atom. The first kappa shape index (κ1) is 14.1. The van der Waals surface area contributed by atoms with Crippen LogP contribution in [0.4, 0.5) is 0 Å². The molecule has 1 saturated heterocycles. The van der Waals surface area contributed by atoms with Gasteiger partial charge >= 0.3 is 0 Å². The molecule has 0 saturated carbocycles. The Bertz CT molecular complexity index is 559. The highest BCUT2D eigenvalue weighted by Crippen LogP contribution is 2.15. The minimum absolute atomic E-state index is 0.613. The second-order valence-corrected chi connectivity index (χ2v) is 5.46. The molecule has 0 spiro atoms. The van der Waals surface area contributed by atoms with Crippen molar-refractivity contribution in [1.29, 1.82) is 0 Å². The Labute approximate surface area is 124 Å². The summed E-state index contributed by atoms with van der Waals surface area (Å²) in [6.07, 6.45) is 5.15. The number of rotatable bonds is 6. The molecule has 1 aliphatic rings. The van der Waals surface area contributed by atoms with Crippen LogP contribution < -0.4 is 10.1 Å². The number of aromatic nitrogens is 2. The molecule has 112 valence electrons. The Balaban J connectivity index is 1.53. The molecule has 0 bridgehead atoms. The zero-order valence-electron chi connectivity index (χ0n) is 12.3. The molecular weight excluding hydrogens is 266 g/mol. The van der Waals surface area contributed by atoms with Gasteiger partial charge in [-0.05, 0) is 43.5 Å². The highest BCUT2D eigenvalue weighted by atomic mass is 16.5. The average molecular weight is 287 g/mol. The van der Waals surface area contributed by atoms with Crippen molar-refractivity contribution in [2.75, 3.05) is 13.7 Å². The molecule has 1 atom stereocenters. The summed E-state index contributed by atoms with van der Waals surface area (Å²) < 4.78 is 10.5. The van der Waals surface area contributed by atoms with E-state index < -0.39 is 0 Å². The lowest BCUT2D eigenvalue weighted by Crippen LogP contribution is -2.21. The minimum atomic E-state index is 0.613. The van der Waals surface area contributed by atoms with E-state index in [2.05, 4.69) is 15.5 Å². The average Bonchev–Trinajstić information content (AvgIpc) is 3.17. The molecule has 3 rings (SSSR count). The van der Waals surface area contributed by atoms with Gasteiger partial charge in [-0.15, -0.1) is 0 Å². The fourth-order valence-corrected chi connectivity index (χ4v) is 2.69. The van der Waals surface area contributed by atoms with E-state index in [4.69, 9.17) is 9.26 Å². The number of nitrogens with one attached hydrogen (secondary N) is 1. The van der Waals surface area contributed by atoms with Gasteiger partial charge in [0.05, 0.1) is 7.11 Å². The summed E-state index contributed by atoms with van der Waals surface area (Å²) in [5, 5.41) is 7.54. The number of hydrogen-bond donors (Lipinski definition) is 1. The number of methoxy groups -OCH3 is 1. The lowest BCUT2D eigenvalue weighted by atomic mass is 10.1. The van der Waals surface area contributed by atoms with Crippen LogP contribution in [-0.4, -0.2) is 29.8 Å². The predicted octanol–water partition coefficient (Wildman–Crippen LogP) is 2.35. The minimum Gasteiger partial charge on any atom is -0.497 e. The molecule has 5 nitrogen and oxygen atoms in total. The second-order valence-electron chi connectivity index (χ2n) is 5.46. The van der Waals surface area contributed by atoms with Gasteiger partial charge < -0.3 is 14.6 Å². The molecule has 1 aliphatic heterocycles. The molecular formula is C16H21N3O2. The number of nitrogens with zero attached hydrogens (tertiary/aromatic N) is 2. The van der Waals surface area contributed by atoms with Crippen LogP contribution in [0.1, 0.15) is 36.5 Å². The van der Waals surface area contributed by atoms with Crippen LogP contribution in [0.3, 0.4) is 0 Å². The summed E-state index contributed by atoms with van der Waals surface area (Å²) in [6, 6.07) is 8.56. The van der Waals surface area contributed by atoms with Gasteiger partial charge in [-0.1, -0.05) is 17.3 Å². The number of aryl methyl sites for hydroxylation is 1. The topological polar surface area (TPSA) is 60.2 Å². The van der Waals surface area contributed by atoms with E-state index >= 15 is 0 Å². The normalized spacial score (nSPS) is 18.0. The lowest BCUT2D eigenvalue weighted by molar-refractivity contribution is 0.364. The quantitative estimate of drug-likeness (QED) is 0.883. The van der Waals surface area contributed by atoms with Gasteiger partial charge in [0.25, 0.3) is 0 Å². The molecule has 21 heavy (non-hydrogen) atoms. The fourth-order valence-electron chi connectivity index (χ4n) is 2.69. The largest absolute Gasteiger partial charge is 0.497 e. The smallest absolute Gasteiger partial charge is 0.226 e. The lowest BCUT2D eigenvalue weighted by Gasteiger charge is -2.06. The molecule has 1 aromatic heterocycles. The van der Waals surface area contributed by atoms with Crippen molar-refractivity contribution >= 4 is 0 Å². The predicted molar refractivity (Wildman–Crippen MR) is 79.4 cm³/mol. The van der Waals surface area contributed by atoms with Gasteiger partial charge in [-0.25, -0.2) is 0 Å². The van der Waals surface area contributed by atoms with Gasteiger partial charge in [0, 0.05) is 18.9 Å². The van der Waals surface area contributed by atoms with Crippen LogP contribution in [0.15, 0.2) is 28.8 Å². The Kier molecular flexibility index (Phi) is 4.50. The highest BCUT2D eigenvalue weighted by molar-refractivity contribution is 5.28. The maximum atomic E-state index is 5.33. The van der Waals surface area contributed by atoms with E-state index in [1.54, 1.807) is 7.11 Å². The van der Waals surface area contributed by atoms with E-state index in [1.807, 2.05) is 24.3 Å². The summed E-state index contributed by atoms with van der Waals surface area (Å²) in [5.74, 6) is 2.35. The summed E-state index contributed by atoms with van der Waals surface area (Å²) in [6.45, 7) is 1.14. The number of benzene rings is 1. The Morgan fingerprint density at radius 1 is 1.33 bits per heavy atom. The molecule has 0 amide bonds. The molecule has 2 aromatic rings. The first-order chi connectivity index (χ1) is 10.3. The molecule has 1 unspecified atom stereocenters. The van der Waals surface area contributed by atoms with Gasteiger partial charge in [-0.3, -0.25) is 0 Å². The van der Waals surface area contributed by atoms with Crippen LogP contribution in [0.5, 0.6) is 5.75 Å². The number of ether oxygens (including phenoxy) is 1. The highest BCUT2D eigenvalue weighted by Gasteiger charge is 2.15. The van der Waals surface area contributed by atoms with E-state index in [0.29, 0.717) is 12.5 Å².